The molecule has 0 saturated heterocycles. The lowest BCUT2D eigenvalue weighted by atomic mass is 10.0. The summed E-state index contributed by atoms with van der Waals surface area (Å²) >= 11 is 0. The Hall–Kier alpha value is -2.17. The van der Waals surface area contributed by atoms with Crippen molar-refractivity contribution in [1.82, 2.24) is 15.0 Å². The van der Waals surface area contributed by atoms with E-state index < -0.39 is 0 Å². The molecule has 0 saturated carbocycles. The molecular weight excluding hydrogens is 248 g/mol. The fourth-order valence-electron chi connectivity index (χ4n) is 2.51. The number of pyridine rings is 1. The van der Waals surface area contributed by atoms with Crippen molar-refractivity contribution >= 4 is 5.52 Å². The van der Waals surface area contributed by atoms with Crippen molar-refractivity contribution in [2.75, 3.05) is 0 Å². The van der Waals surface area contributed by atoms with Crippen LogP contribution in [0.5, 0.6) is 0 Å². The summed E-state index contributed by atoms with van der Waals surface area (Å²) in [5.41, 5.74) is 6.48. The number of aromatic nitrogens is 2. The zero-order chi connectivity index (χ0) is 13.8. The van der Waals surface area contributed by atoms with Crippen molar-refractivity contribution in [2.24, 2.45) is 5.84 Å². The molecule has 4 nitrogen and oxygen atoms in total. The first-order valence-corrected chi connectivity index (χ1v) is 6.81. The van der Waals surface area contributed by atoms with E-state index in [0.29, 0.717) is 0 Å². The molecule has 0 radical (unpaired) electrons. The second-order valence-corrected chi connectivity index (χ2v) is 4.87. The summed E-state index contributed by atoms with van der Waals surface area (Å²) < 4.78 is 1.88. The number of nitrogens with two attached hydrogens (primary N) is 1. The largest absolute Gasteiger partial charge is 0.271 e. The second-order valence-electron chi connectivity index (χ2n) is 4.87. The van der Waals surface area contributed by atoms with Gasteiger partial charge in [0, 0.05) is 11.8 Å². The summed E-state index contributed by atoms with van der Waals surface area (Å²) in [6.07, 6.45) is 5.77. The molecule has 1 unspecified atom stereocenters. The molecule has 2 aromatic heterocycles. The molecule has 2 heterocycles. The van der Waals surface area contributed by atoms with Gasteiger partial charge in [-0.3, -0.25) is 11.3 Å². The average molecular weight is 266 g/mol. The van der Waals surface area contributed by atoms with Gasteiger partial charge in [0.15, 0.2) is 0 Å². The van der Waals surface area contributed by atoms with E-state index in [9.17, 15) is 0 Å². The van der Waals surface area contributed by atoms with E-state index in [1.54, 1.807) is 0 Å². The van der Waals surface area contributed by atoms with Crippen molar-refractivity contribution in [1.29, 1.82) is 0 Å². The molecule has 1 aromatic carbocycles. The van der Waals surface area contributed by atoms with Gasteiger partial charge in [-0.25, -0.2) is 4.52 Å². The van der Waals surface area contributed by atoms with Crippen LogP contribution in [0.25, 0.3) is 5.52 Å². The lowest BCUT2D eigenvalue weighted by Gasteiger charge is -2.14. The highest BCUT2D eigenvalue weighted by Crippen LogP contribution is 2.22. The Kier molecular flexibility index (Phi) is 3.76. The van der Waals surface area contributed by atoms with Crippen LogP contribution in [0.2, 0.25) is 0 Å². The monoisotopic (exact) mass is 266 g/mol. The Balaban J connectivity index is 1.79. The number of hydrogen-bond acceptors (Lipinski definition) is 3. The Bertz CT molecular complexity index is 675. The molecule has 102 valence electrons. The Morgan fingerprint density at radius 3 is 2.70 bits per heavy atom. The Morgan fingerprint density at radius 2 is 1.90 bits per heavy atom. The zero-order valence-corrected chi connectivity index (χ0v) is 11.2. The SMILES string of the molecule is NNC(CCc1ccccc1)c1cnn2ccccc12. The number of benzene rings is 1. The van der Waals surface area contributed by atoms with Crippen molar-refractivity contribution < 1.29 is 0 Å². The Labute approximate surface area is 118 Å². The van der Waals surface area contributed by atoms with E-state index in [0.717, 1.165) is 23.9 Å². The molecule has 20 heavy (non-hydrogen) atoms. The third kappa shape index (κ3) is 2.57. The third-order valence-corrected chi connectivity index (χ3v) is 3.60. The fourth-order valence-corrected chi connectivity index (χ4v) is 2.51. The van der Waals surface area contributed by atoms with E-state index in [2.05, 4.69) is 40.9 Å². The standard InChI is InChI=1S/C16H18N4/c17-19-15(10-9-13-6-2-1-3-7-13)14-12-18-20-11-5-4-8-16(14)20/h1-8,11-12,15,19H,9-10,17H2. The van der Waals surface area contributed by atoms with Gasteiger partial charge in [-0.15, -0.1) is 0 Å². The van der Waals surface area contributed by atoms with Crippen molar-refractivity contribution in [2.45, 2.75) is 18.9 Å². The highest BCUT2D eigenvalue weighted by atomic mass is 15.3. The summed E-state index contributed by atoms with van der Waals surface area (Å²) in [5.74, 6) is 5.73. The van der Waals surface area contributed by atoms with Crippen LogP contribution in [0.15, 0.2) is 60.9 Å². The highest BCUT2D eigenvalue weighted by molar-refractivity contribution is 5.54. The van der Waals surface area contributed by atoms with E-state index >= 15 is 0 Å². The zero-order valence-electron chi connectivity index (χ0n) is 11.2. The summed E-state index contributed by atoms with van der Waals surface area (Å²) in [6, 6.07) is 16.6. The minimum atomic E-state index is 0.107. The summed E-state index contributed by atoms with van der Waals surface area (Å²) in [4.78, 5) is 0. The van der Waals surface area contributed by atoms with Crippen LogP contribution < -0.4 is 11.3 Å². The van der Waals surface area contributed by atoms with Crippen LogP contribution in [0.4, 0.5) is 0 Å². The molecule has 0 spiro atoms. The molecule has 3 aromatic rings. The maximum absolute atomic E-state index is 5.73. The van der Waals surface area contributed by atoms with Gasteiger partial charge in [-0.05, 0) is 30.5 Å². The quantitative estimate of drug-likeness (QED) is 0.551. The molecule has 0 bridgehead atoms. The molecule has 0 aliphatic heterocycles. The van der Waals surface area contributed by atoms with E-state index in [1.165, 1.54) is 5.56 Å². The topological polar surface area (TPSA) is 55.3 Å². The lowest BCUT2D eigenvalue weighted by Crippen LogP contribution is -2.28. The van der Waals surface area contributed by atoms with Crippen LogP contribution in [0.1, 0.15) is 23.6 Å². The number of hydrazine groups is 1. The van der Waals surface area contributed by atoms with Crippen molar-refractivity contribution in [3.05, 3.63) is 72.1 Å². The minimum absolute atomic E-state index is 0.107. The Morgan fingerprint density at radius 1 is 1.10 bits per heavy atom. The first-order valence-electron chi connectivity index (χ1n) is 6.81. The predicted molar refractivity (Wildman–Crippen MR) is 80.0 cm³/mol. The average Bonchev–Trinajstić information content (AvgIpc) is 2.93. The summed E-state index contributed by atoms with van der Waals surface area (Å²) in [6.45, 7) is 0. The molecule has 1 atom stereocenters. The number of hydrogen-bond donors (Lipinski definition) is 2. The molecule has 0 amide bonds. The number of rotatable bonds is 5. The minimum Gasteiger partial charge on any atom is -0.271 e. The molecule has 0 aliphatic rings. The first kappa shape index (κ1) is 12.8. The number of aryl methyl sites for hydroxylation is 1. The van der Waals surface area contributed by atoms with Gasteiger partial charge in [0.05, 0.1) is 17.8 Å². The van der Waals surface area contributed by atoms with Gasteiger partial charge >= 0.3 is 0 Å². The van der Waals surface area contributed by atoms with Gasteiger partial charge in [0.1, 0.15) is 0 Å². The van der Waals surface area contributed by atoms with Crippen LogP contribution in [0, 0.1) is 0 Å². The predicted octanol–water partition coefficient (Wildman–Crippen LogP) is 2.47. The van der Waals surface area contributed by atoms with Gasteiger partial charge in [-0.1, -0.05) is 36.4 Å². The van der Waals surface area contributed by atoms with Crippen molar-refractivity contribution in [3.8, 4) is 0 Å². The fraction of sp³-hybridized carbons (Fsp3) is 0.188. The van der Waals surface area contributed by atoms with Crippen LogP contribution in [0.3, 0.4) is 0 Å². The smallest absolute Gasteiger partial charge is 0.0709 e. The lowest BCUT2D eigenvalue weighted by molar-refractivity contribution is 0.519. The van der Waals surface area contributed by atoms with E-state index in [4.69, 9.17) is 5.84 Å². The molecule has 0 aliphatic carbocycles. The second kappa shape index (κ2) is 5.86. The summed E-state index contributed by atoms with van der Waals surface area (Å²) in [5, 5.41) is 4.36. The first-order chi connectivity index (χ1) is 9.88. The molecule has 3 rings (SSSR count). The maximum atomic E-state index is 5.73. The molecular formula is C16H18N4. The maximum Gasteiger partial charge on any atom is 0.0709 e. The van der Waals surface area contributed by atoms with Crippen molar-refractivity contribution in [3.63, 3.8) is 0 Å². The molecule has 4 heteroatoms. The van der Waals surface area contributed by atoms with Crippen LogP contribution in [-0.2, 0) is 6.42 Å². The third-order valence-electron chi connectivity index (χ3n) is 3.60. The highest BCUT2D eigenvalue weighted by Gasteiger charge is 2.14. The van der Waals surface area contributed by atoms with Gasteiger partial charge in [-0.2, -0.15) is 5.10 Å². The van der Waals surface area contributed by atoms with Crippen LogP contribution in [-0.4, -0.2) is 9.61 Å². The van der Waals surface area contributed by atoms with E-state index in [-0.39, 0.29) is 6.04 Å². The normalized spacial score (nSPS) is 12.7. The van der Waals surface area contributed by atoms with Gasteiger partial charge < -0.3 is 0 Å². The van der Waals surface area contributed by atoms with E-state index in [1.807, 2.05) is 35.1 Å². The summed E-state index contributed by atoms with van der Waals surface area (Å²) in [7, 11) is 0. The molecule has 0 fully saturated rings. The van der Waals surface area contributed by atoms with Crippen LogP contribution >= 0.6 is 0 Å². The number of fused-ring (bicyclic) bond motifs is 1. The number of nitrogens with zero attached hydrogens (tertiary/aromatic N) is 2. The molecule has 3 N–H and O–H groups in total. The van der Waals surface area contributed by atoms with Gasteiger partial charge in [0.25, 0.3) is 0 Å². The van der Waals surface area contributed by atoms with Gasteiger partial charge in [0.2, 0.25) is 0 Å². The number of nitrogens with one attached hydrogen (secondary N) is 1.